The van der Waals surface area contributed by atoms with Crippen molar-refractivity contribution in [1.82, 2.24) is 5.32 Å². The summed E-state index contributed by atoms with van der Waals surface area (Å²) < 4.78 is 13.3. The summed E-state index contributed by atoms with van der Waals surface area (Å²) in [5, 5.41) is 3.63. The monoisotopic (exact) mass is 235 g/mol. The third-order valence-corrected chi connectivity index (χ3v) is 3.85. The average molecular weight is 235 g/mol. The van der Waals surface area contributed by atoms with Gasteiger partial charge in [0.15, 0.2) is 0 Å². The highest BCUT2D eigenvalue weighted by atomic mass is 19.1. The van der Waals surface area contributed by atoms with E-state index < -0.39 is 0 Å². The van der Waals surface area contributed by atoms with Gasteiger partial charge in [-0.05, 0) is 62.9 Å². The highest BCUT2D eigenvalue weighted by molar-refractivity contribution is 5.28. The zero-order chi connectivity index (χ0) is 12.3. The third kappa shape index (κ3) is 3.29. The van der Waals surface area contributed by atoms with E-state index in [4.69, 9.17) is 0 Å². The summed E-state index contributed by atoms with van der Waals surface area (Å²) in [6.45, 7) is 5.42. The molecule has 1 nitrogen and oxygen atoms in total. The number of halogens is 1. The number of benzene rings is 1. The van der Waals surface area contributed by atoms with Crippen molar-refractivity contribution in [3.63, 3.8) is 0 Å². The van der Waals surface area contributed by atoms with E-state index in [2.05, 4.69) is 19.2 Å². The van der Waals surface area contributed by atoms with Crippen molar-refractivity contribution in [2.24, 2.45) is 0 Å². The van der Waals surface area contributed by atoms with Gasteiger partial charge in [0.25, 0.3) is 0 Å². The van der Waals surface area contributed by atoms with Crippen LogP contribution in [0, 0.1) is 12.7 Å². The van der Waals surface area contributed by atoms with Crippen LogP contribution in [0.15, 0.2) is 18.2 Å². The van der Waals surface area contributed by atoms with Crippen molar-refractivity contribution in [3.05, 3.63) is 35.1 Å². The Labute approximate surface area is 103 Å². The van der Waals surface area contributed by atoms with Gasteiger partial charge in [-0.3, -0.25) is 0 Å². The molecule has 1 N–H and O–H groups in total. The Kier molecular flexibility index (Phi) is 3.82. The fourth-order valence-electron chi connectivity index (χ4n) is 2.70. The summed E-state index contributed by atoms with van der Waals surface area (Å²) in [6.07, 6.45) is 5.96. The highest BCUT2D eigenvalue weighted by Gasteiger charge is 2.25. The van der Waals surface area contributed by atoms with Crippen LogP contribution in [-0.2, 0) is 6.42 Å². The van der Waals surface area contributed by atoms with Gasteiger partial charge in [0, 0.05) is 5.54 Å². The molecular weight excluding hydrogens is 213 g/mol. The fourth-order valence-corrected chi connectivity index (χ4v) is 2.70. The van der Waals surface area contributed by atoms with Crippen LogP contribution in [0.2, 0.25) is 0 Å². The lowest BCUT2D eigenvalue weighted by molar-refractivity contribution is 0.345. The van der Waals surface area contributed by atoms with Crippen molar-refractivity contribution in [2.45, 2.75) is 51.5 Å². The molecule has 0 bridgehead atoms. The summed E-state index contributed by atoms with van der Waals surface area (Å²) >= 11 is 0. The quantitative estimate of drug-likeness (QED) is 0.826. The molecule has 1 aliphatic rings. The zero-order valence-corrected chi connectivity index (χ0v) is 10.9. The minimum Gasteiger partial charge on any atom is -0.311 e. The van der Waals surface area contributed by atoms with Gasteiger partial charge < -0.3 is 5.32 Å². The Hall–Kier alpha value is -0.890. The summed E-state index contributed by atoms with van der Waals surface area (Å²) in [6, 6.07) is 5.11. The van der Waals surface area contributed by atoms with Gasteiger partial charge in [0.1, 0.15) is 5.82 Å². The number of hydrogen-bond acceptors (Lipinski definition) is 1. The Morgan fingerprint density at radius 2 is 2.12 bits per heavy atom. The first-order valence-electron chi connectivity index (χ1n) is 6.59. The van der Waals surface area contributed by atoms with E-state index in [0.717, 1.165) is 18.5 Å². The van der Waals surface area contributed by atoms with E-state index in [1.165, 1.54) is 31.2 Å². The minimum absolute atomic E-state index is 0.122. The Balaban J connectivity index is 2.15. The fraction of sp³-hybridized carbons (Fsp3) is 0.600. The largest absolute Gasteiger partial charge is 0.311 e. The first kappa shape index (κ1) is 12.6. The molecular formula is C15H22FN. The number of hydrogen-bond donors (Lipinski definition) is 1. The van der Waals surface area contributed by atoms with Gasteiger partial charge in [-0.1, -0.05) is 18.9 Å². The van der Waals surface area contributed by atoms with Gasteiger partial charge in [-0.25, -0.2) is 4.39 Å². The molecule has 1 aromatic carbocycles. The normalized spacial score (nSPS) is 25.6. The molecule has 2 heteroatoms. The lowest BCUT2D eigenvalue weighted by atomic mass is 9.87. The van der Waals surface area contributed by atoms with Crippen molar-refractivity contribution in [3.8, 4) is 0 Å². The number of rotatable bonds is 2. The van der Waals surface area contributed by atoms with Crippen LogP contribution in [0.3, 0.4) is 0 Å². The molecule has 1 aromatic rings. The van der Waals surface area contributed by atoms with E-state index in [1.807, 2.05) is 6.07 Å². The standard InChI is InChI=1S/C15H22FN/c1-12-6-7-14(16)10-13(12)11-15(2)8-4-3-5-9-17-15/h6-7,10,17H,3-5,8-9,11H2,1-2H3. The lowest BCUT2D eigenvalue weighted by Gasteiger charge is -2.30. The molecule has 0 spiro atoms. The predicted octanol–water partition coefficient (Wildman–Crippen LogP) is 3.60. The van der Waals surface area contributed by atoms with Crippen LogP contribution >= 0.6 is 0 Å². The van der Waals surface area contributed by atoms with Crippen LogP contribution in [-0.4, -0.2) is 12.1 Å². The molecule has 0 radical (unpaired) electrons. The minimum atomic E-state index is -0.122. The maximum absolute atomic E-state index is 13.3. The van der Waals surface area contributed by atoms with E-state index in [0.29, 0.717) is 0 Å². The first-order valence-corrected chi connectivity index (χ1v) is 6.59. The van der Waals surface area contributed by atoms with Crippen LogP contribution in [0.1, 0.15) is 43.7 Å². The summed E-state index contributed by atoms with van der Waals surface area (Å²) in [4.78, 5) is 0. The van der Waals surface area contributed by atoms with Gasteiger partial charge >= 0.3 is 0 Å². The third-order valence-electron chi connectivity index (χ3n) is 3.85. The highest BCUT2D eigenvalue weighted by Crippen LogP contribution is 2.24. The second kappa shape index (κ2) is 5.18. The summed E-state index contributed by atoms with van der Waals surface area (Å²) in [5.41, 5.74) is 2.47. The van der Waals surface area contributed by atoms with Gasteiger partial charge in [-0.15, -0.1) is 0 Å². The summed E-state index contributed by atoms with van der Waals surface area (Å²) in [7, 11) is 0. The SMILES string of the molecule is Cc1ccc(F)cc1CC1(C)CCCCCN1. The molecule has 0 aromatic heterocycles. The van der Waals surface area contributed by atoms with Crippen molar-refractivity contribution in [1.29, 1.82) is 0 Å². The molecule has 1 fully saturated rings. The topological polar surface area (TPSA) is 12.0 Å². The van der Waals surface area contributed by atoms with Crippen LogP contribution in [0.5, 0.6) is 0 Å². The van der Waals surface area contributed by atoms with E-state index in [9.17, 15) is 4.39 Å². The van der Waals surface area contributed by atoms with E-state index in [-0.39, 0.29) is 11.4 Å². The maximum Gasteiger partial charge on any atom is 0.123 e. The molecule has 1 unspecified atom stereocenters. The molecule has 0 aliphatic carbocycles. The van der Waals surface area contributed by atoms with Gasteiger partial charge in [0.2, 0.25) is 0 Å². The molecule has 1 atom stereocenters. The van der Waals surface area contributed by atoms with Crippen molar-refractivity contribution >= 4 is 0 Å². The van der Waals surface area contributed by atoms with Crippen LogP contribution in [0.25, 0.3) is 0 Å². The Morgan fingerprint density at radius 1 is 1.29 bits per heavy atom. The second-order valence-electron chi connectivity index (χ2n) is 5.55. The Morgan fingerprint density at radius 3 is 2.94 bits per heavy atom. The maximum atomic E-state index is 13.3. The predicted molar refractivity (Wildman–Crippen MR) is 69.7 cm³/mol. The molecule has 0 amide bonds. The van der Waals surface area contributed by atoms with Crippen molar-refractivity contribution in [2.75, 3.05) is 6.54 Å². The van der Waals surface area contributed by atoms with Crippen LogP contribution in [0.4, 0.5) is 4.39 Å². The molecule has 1 aliphatic heterocycles. The van der Waals surface area contributed by atoms with Gasteiger partial charge in [-0.2, -0.15) is 0 Å². The first-order chi connectivity index (χ1) is 8.09. The van der Waals surface area contributed by atoms with Crippen LogP contribution < -0.4 is 5.32 Å². The second-order valence-corrected chi connectivity index (χ2v) is 5.55. The Bertz CT molecular complexity index is 379. The lowest BCUT2D eigenvalue weighted by Crippen LogP contribution is -2.43. The average Bonchev–Trinajstić information content (AvgIpc) is 2.49. The van der Waals surface area contributed by atoms with E-state index >= 15 is 0 Å². The molecule has 2 rings (SSSR count). The van der Waals surface area contributed by atoms with Crippen molar-refractivity contribution < 1.29 is 4.39 Å². The molecule has 17 heavy (non-hydrogen) atoms. The van der Waals surface area contributed by atoms with E-state index in [1.54, 1.807) is 12.1 Å². The number of nitrogens with one attached hydrogen (secondary N) is 1. The molecule has 0 saturated carbocycles. The molecule has 1 heterocycles. The smallest absolute Gasteiger partial charge is 0.123 e. The summed E-state index contributed by atoms with van der Waals surface area (Å²) in [5.74, 6) is -0.122. The number of aryl methyl sites for hydroxylation is 1. The molecule has 94 valence electrons. The van der Waals surface area contributed by atoms with Gasteiger partial charge in [0.05, 0.1) is 0 Å². The zero-order valence-electron chi connectivity index (χ0n) is 10.9. The molecule has 1 saturated heterocycles.